The van der Waals surface area contributed by atoms with Gasteiger partial charge in [-0.2, -0.15) is 0 Å². The third-order valence-electron chi connectivity index (χ3n) is 6.05. The molecule has 0 bridgehead atoms. The van der Waals surface area contributed by atoms with Gasteiger partial charge in [-0.05, 0) is 68.2 Å². The van der Waals surface area contributed by atoms with Crippen LogP contribution in [0, 0.1) is 5.92 Å². The van der Waals surface area contributed by atoms with Gasteiger partial charge in [-0.15, -0.1) is 6.58 Å². The van der Waals surface area contributed by atoms with Crippen molar-refractivity contribution in [1.82, 2.24) is 10.2 Å². The van der Waals surface area contributed by atoms with Gasteiger partial charge in [0, 0.05) is 19.4 Å². The van der Waals surface area contributed by atoms with E-state index in [0.717, 1.165) is 0 Å². The lowest BCUT2D eigenvalue weighted by atomic mass is 9.81. The van der Waals surface area contributed by atoms with Gasteiger partial charge >= 0.3 is 12.1 Å². The van der Waals surface area contributed by atoms with E-state index in [1.165, 1.54) is 17.9 Å². The maximum atomic E-state index is 13.6. The van der Waals surface area contributed by atoms with E-state index in [1.807, 2.05) is 6.92 Å². The molecule has 6 atom stereocenters. The van der Waals surface area contributed by atoms with Crippen molar-refractivity contribution >= 4 is 18.0 Å². The van der Waals surface area contributed by atoms with Crippen molar-refractivity contribution in [3.63, 3.8) is 0 Å². The molecule has 0 aromatic heterocycles. The zero-order chi connectivity index (χ0) is 28.8. The first-order valence-corrected chi connectivity index (χ1v) is 13.0. The fourth-order valence-corrected chi connectivity index (χ4v) is 4.48. The average molecular weight is 529 g/mol. The Balaban J connectivity index is 3.71. The second-order valence-corrected chi connectivity index (χ2v) is 11.5. The zero-order valence-electron chi connectivity index (χ0n) is 24.3. The fourth-order valence-electron chi connectivity index (χ4n) is 4.48. The second kappa shape index (κ2) is 13.1. The molecule has 1 rings (SSSR count). The van der Waals surface area contributed by atoms with Gasteiger partial charge in [0.15, 0.2) is 6.29 Å². The number of aliphatic hydroxyl groups is 1. The minimum atomic E-state index is -1.59. The number of carbonyl (C=O) groups excluding carboxylic acids is 3. The van der Waals surface area contributed by atoms with Crippen molar-refractivity contribution in [3.05, 3.63) is 12.7 Å². The van der Waals surface area contributed by atoms with Crippen LogP contribution in [0.1, 0.15) is 82.1 Å². The van der Waals surface area contributed by atoms with Gasteiger partial charge in [0.25, 0.3) is 0 Å². The smallest absolute Gasteiger partial charge is 0.411 e. The lowest BCUT2D eigenvalue weighted by Crippen LogP contribution is -2.64. The van der Waals surface area contributed by atoms with Gasteiger partial charge in [-0.25, -0.2) is 9.59 Å². The highest BCUT2D eigenvalue weighted by atomic mass is 16.7. The molecule has 10 heteroatoms. The summed E-state index contributed by atoms with van der Waals surface area (Å²) >= 11 is 0. The van der Waals surface area contributed by atoms with Crippen LogP contribution in [-0.2, 0) is 28.5 Å². The van der Waals surface area contributed by atoms with Crippen LogP contribution in [0.4, 0.5) is 4.79 Å². The summed E-state index contributed by atoms with van der Waals surface area (Å²) in [6.45, 7) is 21.4. The Bertz CT molecular complexity index is 803. The van der Waals surface area contributed by atoms with Crippen LogP contribution in [0.25, 0.3) is 0 Å². The van der Waals surface area contributed by atoms with Gasteiger partial charge < -0.3 is 29.4 Å². The first-order chi connectivity index (χ1) is 16.9. The molecule has 0 saturated carbocycles. The standard InChI is InChI=1S/C27H48N2O8/c1-12-27(33,13-2)22(28-17(4)30)21-19(16-35-18(5)34-14-3)15-20(23(31)36-25(6,7)8)29(21)24(32)37-26(9,10)11/h12,18-22,33H,1,13-16H2,2-11H3,(H,28,30)/t18?,19-,20+,21+,22?,27-/m0/s1. The molecular formula is C27H48N2O8. The third kappa shape index (κ3) is 9.57. The number of hydrogen-bond donors (Lipinski definition) is 2. The number of hydrogen-bond acceptors (Lipinski definition) is 8. The number of rotatable bonds is 11. The Kier molecular flexibility index (Phi) is 11.6. The monoisotopic (exact) mass is 528 g/mol. The maximum Gasteiger partial charge on any atom is 0.411 e. The summed E-state index contributed by atoms with van der Waals surface area (Å²) in [5.41, 5.74) is -3.25. The molecule has 1 saturated heterocycles. The van der Waals surface area contributed by atoms with Gasteiger partial charge in [-0.3, -0.25) is 9.69 Å². The first kappa shape index (κ1) is 32.9. The number of nitrogens with one attached hydrogen (secondary N) is 1. The molecule has 1 aliphatic rings. The van der Waals surface area contributed by atoms with Crippen LogP contribution in [-0.4, -0.2) is 82.4 Å². The van der Waals surface area contributed by atoms with Gasteiger partial charge in [-0.1, -0.05) is 13.0 Å². The van der Waals surface area contributed by atoms with Gasteiger partial charge in [0.05, 0.1) is 18.7 Å². The van der Waals surface area contributed by atoms with E-state index >= 15 is 0 Å². The van der Waals surface area contributed by atoms with Crippen molar-refractivity contribution in [3.8, 4) is 0 Å². The Hall–Kier alpha value is -2.17. The maximum absolute atomic E-state index is 13.6. The van der Waals surface area contributed by atoms with Crippen molar-refractivity contribution in [2.75, 3.05) is 13.2 Å². The number of amides is 2. The van der Waals surface area contributed by atoms with E-state index in [2.05, 4.69) is 11.9 Å². The fraction of sp³-hybridized carbons (Fsp3) is 0.815. The first-order valence-electron chi connectivity index (χ1n) is 13.0. The Morgan fingerprint density at radius 1 is 1.08 bits per heavy atom. The highest BCUT2D eigenvalue weighted by molar-refractivity contribution is 5.83. The molecule has 2 N–H and O–H groups in total. The molecule has 0 aliphatic carbocycles. The van der Waals surface area contributed by atoms with Crippen LogP contribution in [0.15, 0.2) is 12.7 Å². The summed E-state index contributed by atoms with van der Waals surface area (Å²) in [6, 6.07) is -2.92. The van der Waals surface area contributed by atoms with Crippen molar-refractivity contribution in [2.45, 2.75) is 123 Å². The molecular weight excluding hydrogens is 480 g/mol. The molecule has 2 amide bonds. The Morgan fingerprint density at radius 2 is 1.65 bits per heavy atom. The number of esters is 1. The number of likely N-dealkylation sites (tertiary alicyclic amines) is 1. The minimum absolute atomic E-state index is 0.0947. The van der Waals surface area contributed by atoms with Crippen LogP contribution in [0.3, 0.4) is 0 Å². The molecule has 0 aromatic carbocycles. The van der Waals surface area contributed by atoms with E-state index in [-0.39, 0.29) is 19.4 Å². The topological polar surface area (TPSA) is 124 Å². The van der Waals surface area contributed by atoms with Crippen molar-refractivity contribution in [2.24, 2.45) is 5.92 Å². The molecule has 1 aliphatic heterocycles. The van der Waals surface area contributed by atoms with Crippen LogP contribution < -0.4 is 5.32 Å². The average Bonchev–Trinajstić information content (AvgIpc) is 3.12. The van der Waals surface area contributed by atoms with E-state index in [1.54, 1.807) is 55.4 Å². The summed E-state index contributed by atoms with van der Waals surface area (Å²) in [4.78, 5) is 40.7. The highest BCUT2D eigenvalue weighted by Gasteiger charge is 2.56. The van der Waals surface area contributed by atoms with Crippen LogP contribution in [0.2, 0.25) is 0 Å². The molecule has 0 radical (unpaired) electrons. The number of ether oxygens (including phenoxy) is 4. The SMILES string of the molecule is C=C[C@](O)(CC)C(NC(C)=O)[C@H]1[C@H](COC(C)OCC)C[C@H](C(=O)OC(C)(C)C)N1C(=O)OC(C)(C)C. The Morgan fingerprint density at radius 3 is 2.08 bits per heavy atom. The predicted octanol–water partition coefficient (Wildman–Crippen LogP) is 3.55. The molecule has 10 nitrogen and oxygen atoms in total. The van der Waals surface area contributed by atoms with Crippen LogP contribution in [0.5, 0.6) is 0 Å². The molecule has 2 unspecified atom stereocenters. The summed E-state index contributed by atoms with van der Waals surface area (Å²) in [6.07, 6.45) is 0.421. The summed E-state index contributed by atoms with van der Waals surface area (Å²) in [7, 11) is 0. The van der Waals surface area contributed by atoms with Gasteiger partial charge in [0.1, 0.15) is 22.8 Å². The van der Waals surface area contributed by atoms with E-state index in [9.17, 15) is 19.5 Å². The summed E-state index contributed by atoms with van der Waals surface area (Å²) in [5, 5.41) is 14.3. The van der Waals surface area contributed by atoms with E-state index in [4.69, 9.17) is 18.9 Å². The quantitative estimate of drug-likeness (QED) is 0.237. The van der Waals surface area contributed by atoms with Gasteiger partial charge in [0.2, 0.25) is 5.91 Å². The van der Waals surface area contributed by atoms with Crippen molar-refractivity contribution in [1.29, 1.82) is 0 Å². The molecule has 0 spiro atoms. The Labute approximate surface area is 222 Å². The van der Waals surface area contributed by atoms with E-state index < -0.39 is 65.1 Å². The second-order valence-electron chi connectivity index (χ2n) is 11.5. The summed E-state index contributed by atoms with van der Waals surface area (Å²) < 4.78 is 22.8. The molecule has 37 heavy (non-hydrogen) atoms. The molecule has 1 heterocycles. The third-order valence-corrected chi connectivity index (χ3v) is 6.05. The zero-order valence-corrected chi connectivity index (χ0v) is 24.3. The van der Waals surface area contributed by atoms with Crippen molar-refractivity contribution < 1.29 is 38.4 Å². The highest BCUT2D eigenvalue weighted by Crippen LogP contribution is 2.39. The van der Waals surface area contributed by atoms with Crippen LogP contribution >= 0.6 is 0 Å². The number of nitrogens with zero attached hydrogens (tertiary/aromatic N) is 1. The lowest BCUT2D eigenvalue weighted by molar-refractivity contribution is -0.161. The molecule has 1 fully saturated rings. The van der Waals surface area contributed by atoms with E-state index in [0.29, 0.717) is 6.61 Å². The largest absolute Gasteiger partial charge is 0.458 e. The normalized spacial score (nSPS) is 23.5. The molecule has 0 aromatic rings. The summed E-state index contributed by atoms with van der Waals surface area (Å²) in [5.74, 6) is -1.50. The minimum Gasteiger partial charge on any atom is -0.458 e. The predicted molar refractivity (Wildman–Crippen MR) is 140 cm³/mol. The molecule has 214 valence electrons. The lowest BCUT2D eigenvalue weighted by Gasteiger charge is -2.43. The number of carbonyl (C=O) groups is 3.